The molecule has 3 atom stereocenters. The molecule has 1 aromatic rings. The van der Waals surface area contributed by atoms with Crippen molar-refractivity contribution in [3.05, 3.63) is 24.0 Å². The molecular weight excluding hydrogens is 325 g/mol. The van der Waals surface area contributed by atoms with Crippen molar-refractivity contribution < 1.29 is 27.8 Å². The summed E-state index contributed by atoms with van der Waals surface area (Å²) < 4.78 is 37.5. The van der Waals surface area contributed by atoms with Crippen LogP contribution in [0.2, 0.25) is 0 Å². The van der Waals surface area contributed by atoms with E-state index in [4.69, 9.17) is 14.6 Å². The van der Waals surface area contributed by atoms with Gasteiger partial charge in [-0.3, -0.25) is 4.98 Å². The molecule has 0 amide bonds. The van der Waals surface area contributed by atoms with Gasteiger partial charge in [0.1, 0.15) is 12.4 Å². The summed E-state index contributed by atoms with van der Waals surface area (Å²) in [5.41, 5.74) is 1.36. The lowest BCUT2D eigenvalue weighted by atomic mass is 10.1. The number of halogens is 3. The minimum Gasteiger partial charge on any atom is -0.490 e. The molecule has 0 radical (unpaired) electrons. The Bertz CT molecular complexity index is 562. The number of ether oxygens (including phenoxy) is 1. The first-order valence-corrected chi connectivity index (χ1v) is 7.92. The largest absolute Gasteiger partial charge is 0.490 e. The molecule has 2 fully saturated rings. The van der Waals surface area contributed by atoms with Gasteiger partial charge in [0.2, 0.25) is 0 Å². The number of carboxylic acid groups (broad SMARTS) is 1. The second kappa shape index (κ2) is 7.83. The molecule has 1 aliphatic carbocycles. The summed E-state index contributed by atoms with van der Waals surface area (Å²) >= 11 is 0. The Balaban J connectivity index is 0.000000256. The zero-order valence-electron chi connectivity index (χ0n) is 13.3. The maximum absolute atomic E-state index is 10.6. The highest BCUT2D eigenvalue weighted by molar-refractivity contribution is 5.73. The number of carboxylic acids is 1. The van der Waals surface area contributed by atoms with Gasteiger partial charge in [0, 0.05) is 12.2 Å². The maximum atomic E-state index is 10.6. The van der Waals surface area contributed by atoms with Crippen LogP contribution in [0, 0.1) is 5.92 Å². The van der Waals surface area contributed by atoms with Crippen molar-refractivity contribution in [1.82, 2.24) is 10.3 Å². The summed E-state index contributed by atoms with van der Waals surface area (Å²) in [5.74, 6) is -0.219. The normalized spacial score (nSPS) is 25.1. The second-order valence-electron chi connectivity index (χ2n) is 6.02. The number of nitrogens with one attached hydrogen (secondary N) is 1. The summed E-state index contributed by atoms with van der Waals surface area (Å²) in [6.07, 6.45) is 2.57. The number of hydrogen-bond acceptors (Lipinski definition) is 4. The Morgan fingerprint density at radius 2 is 2.12 bits per heavy atom. The number of hydrogen-bond donors (Lipinski definition) is 2. The van der Waals surface area contributed by atoms with E-state index in [0.717, 1.165) is 30.7 Å². The first-order chi connectivity index (χ1) is 11.3. The zero-order valence-corrected chi connectivity index (χ0v) is 13.3. The number of carbonyl (C=O) groups is 1. The van der Waals surface area contributed by atoms with Crippen LogP contribution in [0.1, 0.15) is 37.7 Å². The van der Waals surface area contributed by atoms with Crippen LogP contribution in [0.15, 0.2) is 18.5 Å². The summed E-state index contributed by atoms with van der Waals surface area (Å²) in [5, 5.41) is 10.5. The average molecular weight is 346 g/mol. The van der Waals surface area contributed by atoms with Crippen LogP contribution in [-0.4, -0.2) is 41.4 Å². The quantitative estimate of drug-likeness (QED) is 0.858. The number of pyridine rings is 1. The molecule has 0 unspecified atom stereocenters. The third-order valence-electron chi connectivity index (χ3n) is 4.23. The molecule has 0 bridgehead atoms. The van der Waals surface area contributed by atoms with Crippen LogP contribution < -0.4 is 10.1 Å². The molecule has 0 spiro atoms. The van der Waals surface area contributed by atoms with E-state index in [1.807, 2.05) is 12.4 Å². The Hall–Kier alpha value is -1.83. The molecule has 5 nitrogen and oxygen atoms in total. The summed E-state index contributed by atoms with van der Waals surface area (Å²) in [7, 11) is 0. The standard InChI is InChI=1S/C14H20N2O.C2HF3O2/c1-2-10-6-14(10)11-5-13(8-15-7-11)17-9-12-3-4-16-12;3-2(4,5)1(6)7/h5,7-8,10,12,14,16H,2-4,6,9H2,1H3;(H,6,7)/t10-,12-,14-;/m0./s1. The van der Waals surface area contributed by atoms with Gasteiger partial charge < -0.3 is 15.2 Å². The molecule has 134 valence electrons. The van der Waals surface area contributed by atoms with Crippen LogP contribution in [-0.2, 0) is 4.79 Å². The van der Waals surface area contributed by atoms with E-state index in [1.54, 1.807) is 0 Å². The van der Waals surface area contributed by atoms with Crippen LogP contribution in [0.4, 0.5) is 13.2 Å². The van der Waals surface area contributed by atoms with Crippen molar-refractivity contribution in [3.8, 4) is 5.75 Å². The van der Waals surface area contributed by atoms with Gasteiger partial charge in [0.25, 0.3) is 0 Å². The van der Waals surface area contributed by atoms with Crippen LogP contribution in [0.3, 0.4) is 0 Å². The predicted octanol–water partition coefficient (Wildman–Crippen LogP) is 2.97. The molecule has 8 heteroatoms. The first-order valence-electron chi connectivity index (χ1n) is 7.92. The fraction of sp³-hybridized carbons (Fsp3) is 0.625. The number of nitrogens with zero attached hydrogens (tertiary/aromatic N) is 1. The zero-order chi connectivity index (χ0) is 17.7. The molecule has 0 aromatic carbocycles. The summed E-state index contributed by atoms with van der Waals surface area (Å²) in [6, 6.07) is 2.72. The molecule has 1 aromatic heterocycles. The highest BCUT2D eigenvalue weighted by Crippen LogP contribution is 2.49. The Morgan fingerprint density at radius 3 is 2.58 bits per heavy atom. The number of alkyl halides is 3. The van der Waals surface area contributed by atoms with Crippen LogP contribution in [0.25, 0.3) is 0 Å². The van der Waals surface area contributed by atoms with Crippen molar-refractivity contribution in [2.75, 3.05) is 13.2 Å². The van der Waals surface area contributed by atoms with Gasteiger partial charge in [-0.2, -0.15) is 13.2 Å². The molecule has 2 N–H and O–H groups in total. The number of rotatable bonds is 5. The molecule has 3 rings (SSSR count). The minimum atomic E-state index is -5.08. The smallest absolute Gasteiger partial charge is 0.490 e. The molecule has 2 heterocycles. The van der Waals surface area contributed by atoms with E-state index < -0.39 is 12.1 Å². The van der Waals surface area contributed by atoms with E-state index in [-0.39, 0.29) is 0 Å². The van der Waals surface area contributed by atoms with Gasteiger partial charge in [0.05, 0.1) is 6.20 Å². The number of aromatic nitrogens is 1. The molecule has 1 aliphatic heterocycles. The summed E-state index contributed by atoms with van der Waals surface area (Å²) in [6.45, 7) is 4.17. The topological polar surface area (TPSA) is 71.5 Å². The SMILES string of the molecule is CC[C@H]1C[C@@H]1c1cncc(OC[C@@H]2CCN2)c1.O=C(O)C(F)(F)F. The molecule has 1 saturated carbocycles. The van der Waals surface area contributed by atoms with Crippen molar-refractivity contribution >= 4 is 5.97 Å². The third kappa shape index (κ3) is 5.36. The van der Waals surface area contributed by atoms with Gasteiger partial charge in [-0.05, 0) is 42.9 Å². The Kier molecular flexibility index (Phi) is 6.04. The van der Waals surface area contributed by atoms with Gasteiger partial charge in [-0.15, -0.1) is 0 Å². The van der Waals surface area contributed by atoms with E-state index in [9.17, 15) is 13.2 Å². The second-order valence-corrected chi connectivity index (χ2v) is 6.02. The van der Waals surface area contributed by atoms with E-state index in [1.165, 1.54) is 24.8 Å². The van der Waals surface area contributed by atoms with Crippen LogP contribution >= 0.6 is 0 Å². The first kappa shape index (κ1) is 18.5. The monoisotopic (exact) mass is 346 g/mol. The lowest BCUT2D eigenvalue weighted by Gasteiger charge is -2.27. The van der Waals surface area contributed by atoms with Gasteiger partial charge in [-0.25, -0.2) is 4.79 Å². The highest BCUT2D eigenvalue weighted by atomic mass is 19.4. The third-order valence-corrected chi connectivity index (χ3v) is 4.23. The molecule has 1 saturated heterocycles. The van der Waals surface area contributed by atoms with E-state index >= 15 is 0 Å². The van der Waals surface area contributed by atoms with E-state index in [2.05, 4.69) is 23.3 Å². The fourth-order valence-electron chi connectivity index (χ4n) is 2.51. The lowest BCUT2D eigenvalue weighted by molar-refractivity contribution is -0.192. The molecule has 2 aliphatic rings. The minimum absolute atomic E-state index is 0.544. The molecule has 24 heavy (non-hydrogen) atoms. The Morgan fingerprint density at radius 1 is 1.46 bits per heavy atom. The van der Waals surface area contributed by atoms with Crippen molar-refractivity contribution in [2.45, 2.75) is 44.3 Å². The van der Waals surface area contributed by atoms with Gasteiger partial charge in [-0.1, -0.05) is 13.3 Å². The molecular formula is C16H21F3N2O3. The van der Waals surface area contributed by atoms with Gasteiger partial charge >= 0.3 is 12.1 Å². The Labute approximate surface area is 138 Å². The predicted molar refractivity (Wildman–Crippen MR) is 81.0 cm³/mol. The number of aliphatic carboxylic acids is 1. The fourth-order valence-corrected chi connectivity index (χ4v) is 2.51. The highest BCUT2D eigenvalue weighted by Gasteiger charge is 2.38. The van der Waals surface area contributed by atoms with Gasteiger partial charge in [0.15, 0.2) is 0 Å². The van der Waals surface area contributed by atoms with Crippen molar-refractivity contribution in [3.63, 3.8) is 0 Å². The maximum Gasteiger partial charge on any atom is 0.490 e. The van der Waals surface area contributed by atoms with Crippen molar-refractivity contribution in [2.24, 2.45) is 5.92 Å². The van der Waals surface area contributed by atoms with Crippen molar-refractivity contribution in [1.29, 1.82) is 0 Å². The van der Waals surface area contributed by atoms with E-state index in [0.29, 0.717) is 6.04 Å². The average Bonchev–Trinajstić information content (AvgIpc) is 3.25. The van der Waals surface area contributed by atoms with Crippen LogP contribution in [0.5, 0.6) is 5.75 Å². The summed E-state index contributed by atoms with van der Waals surface area (Å²) in [4.78, 5) is 13.2. The lowest BCUT2D eigenvalue weighted by Crippen LogP contribution is -2.46.